The summed E-state index contributed by atoms with van der Waals surface area (Å²) in [6, 6.07) is 24.5. The van der Waals surface area contributed by atoms with E-state index in [0.717, 1.165) is 33.6 Å². The van der Waals surface area contributed by atoms with E-state index in [1.165, 1.54) is 17.4 Å². The van der Waals surface area contributed by atoms with E-state index >= 15 is 0 Å². The Balaban J connectivity index is 1.54. The minimum absolute atomic E-state index is 0.0442. The van der Waals surface area contributed by atoms with Crippen molar-refractivity contribution in [3.05, 3.63) is 145 Å². The van der Waals surface area contributed by atoms with Crippen molar-refractivity contribution in [1.82, 2.24) is 14.3 Å². The Morgan fingerprint density at radius 2 is 1.75 bits per heavy atom. The molecule has 0 unspecified atom stereocenters. The third-order valence-electron chi connectivity index (χ3n) is 7.38. The summed E-state index contributed by atoms with van der Waals surface area (Å²) in [6.07, 6.45) is 5.28. The molecule has 5 aromatic rings. The summed E-state index contributed by atoms with van der Waals surface area (Å²) in [7, 11) is 1.59. The van der Waals surface area contributed by atoms with Crippen LogP contribution in [0, 0.1) is 6.92 Å². The molecule has 0 fully saturated rings. The third kappa shape index (κ3) is 5.45. The maximum Gasteiger partial charge on any atom is 0.338 e. The van der Waals surface area contributed by atoms with Crippen LogP contribution in [0.3, 0.4) is 0 Å². The van der Waals surface area contributed by atoms with Gasteiger partial charge in [0.1, 0.15) is 12.4 Å². The molecular weight excluding hydrogens is 572 g/mol. The Morgan fingerprint density at radius 1 is 1.02 bits per heavy atom. The van der Waals surface area contributed by atoms with Crippen LogP contribution in [-0.2, 0) is 9.53 Å². The van der Waals surface area contributed by atoms with E-state index in [0.29, 0.717) is 26.4 Å². The minimum Gasteiger partial charge on any atom is -0.497 e. The summed E-state index contributed by atoms with van der Waals surface area (Å²) in [5, 5.41) is 4.91. The molecule has 1 aliphatic heterocycles. The van der Waals surface area contributed by atoms with Gasteiger partial charge >= 0.3 is 5.97 Å². The highest BCUT2D eigenvalue weighted by Gasteiger charge is 2.33. The fourth-order valence-corrected chi connectivity index (χ4v) is 6.22. The number of allylic oxidation sites excluding steroid dienone is 1. The predicted molar refractivity (Wildman–Crippen MR) is 172 cm³/mol. The standard InChI is InChI=1S/C35H30N4O4S/c1-5-19-43-34(41)30-23(3)36-35-39(32(30)25-15-17-28(42-4)18-16-25)33(40)29(44-35)20-26-21-38(27-9-7-6-8-10-27)37-31(26)24-13-11-22(2)12-14-24/h5-18,20-21,32H,1,19H2,2-4H3/b29-20+/t32-/m0/s1. The first-order valence-electron chi connectivity index (χ1n) is 14.0. The molecule has 8 nitrogen and oxygen atoms in total. The lowest BCUT2D eigenvalue weighted by atomic mass is 9.96. The lowest BCUT2D eigenvalue weighted by molar-refractivity contribution is -0.138. The van der Waals surface area contributed by atoms with Crippen molar-refractivity contribution >= 4 is 23.4 Å². The quantitative estimate of drug-likeness (QED) is 0.182. The molecule has 0 saturated heterocycles. The highest BCUT2D eigenvalue weighted by Crippen LogP contribution is 2.32. The molecule has 0 amide bonds. The molecule has 1 atom stereocenters. The van der Waals surface area contributed by atoms with Gasteiger partial charge in [0.2, 0.25) is 0 Å². The molecule has 1 aliphatic rings. The van der Waals surface area contributed by atoms with Crippen molar-refractivity contribution in [2.75, 3.05) is 13.7 Å². The Bertz CT molecular complexity index is 2070. The van der Waals surface area contributed by atoms with E-state index in [4.69, 9.17) is 19.6 Å². The molecule has 44 heavy (non-hydrogen) atoms. The van der Waals surface area contributed by atoms with Crippen LogP contribution in [0.15, 0.2) is 119 Å². The van der Waals surface area contributed by atoms with Crippen molar-refractivity contribution in [1.29, 1.82) is 0 Å². The molecule has 6 rings (SSSR count). The molecule has 0 bridgehead atoms. The van der Waals surface area contributed by atoms with E-state index in [1.807, 2.05) is 90.6 Å². The summed E-state index contributed by atoms with van der Waals surface area (Å²) < 4.78 is 14.6. The number of benzene rings is 3. The average Bonchev–Trinajstić information content (AvgIpc) is 3.60. The highest BCUT2D eigenvalue weighted by molar-refractivity contribution is 7.07. The number of para-hydroxylation sites is 1. The van der Waals surface area contributed by atoms with E-state index < -0.39 is 12.0 Å². The zero-order valence-electron chi connectivity index (χ0n) is 24.6. The summed E-state index contributed by atoms with van der Waals surface area (Å²) in [5.41, 5.74) is 5.76. The molecule has 3 aromatic carbocycles. The van der Waals surface area contributed by atoms with Crippen molar-refractivity contribution < 1.29 is 14.3 Å². The average molecular weight is 603 g/mol. The number of carbonyl (C=O) groups excluding carboxylic acids is 1. The first-order chi connectivity index (χ1) is 21.4. The fourth-order valence-electron chi connectivity index (χ4n) is 5.18. The molecule has 0 spiro atoms. The SMILES string of the molecule is C=CCOC(=O)C1=C(C)N=c2s/c(=C/c3cn(-c4ccccc4)nc3-c3ccc(C)cc3)c(=O)n2[C@H]1c1ccc(OC)cc1. The molecule has 0 aliphatic carbocycles. The normalized spacial score (nSPS) is 14.6. The van der Waals surface area contributed by atoms with Gasteiger partial charge in [0.15, 0.2) is 4.80 Å². The number of hydrogen-bond donors (Lipinski definition) is 0. The van der Waals surface area contributed by atoms with Crippen LogP contribution in [0.25, 0.3) is 23.0 Å². The smallest absolute Gasteiger partial charge is 0.338 e. The van der Waals surface area contributed by atoms with Crippen molar-refractivity contribution in [2.24, 2.45) is 4.99 Å². The number of rotatable bonds is 8. The van der Waals surface area contributed by atoms with Crippen LogP contribution in [0.1, 0.15) is 29.7 Å². The molecule has 2 aromatic heterocycles. The number of aryl methyl sites for hydroxylation is 1. The number of nitrogens with zero attached hydrogens (tertiary/aromatic N) is 4. The molecule has 9 heteroatoms. The second kappa shape index (κ2) is 12.1. The molecule has 220 valence electrons. The van der Waals surface area contributed by atoms with Gasteiger partial charge in [-0.3, -0.25) is 9.36 Å². The minimum atomic E-state index is -0.736. The molecule has 0 saturated carbocycles. The van der Waals surface area contributed by atoms with Gasteiger partial charge in [-0.05, 0) is 49.8 Å². The van der Waals surface area contributed by atoms with Gasteiger partial charge in [0.25, 0.3) is 5.56 Å². The first-order valence-corrected chi connectivity index (χ1v) is 14.9. The molecule has 0 N–H and O–H groups in total. The van der Waals surface area contributed by atoms with Crippen LogP contribution in [0.2, 0.25) is 0 Å². The van der Waals surface area contributed by atoms with E-state index in [1.54, 1.807) is 30.7 Å². The summed E-state index contributed by atoms with van der Waals surface area (Å²) in [6.45, 7) is 7.49. The lowest BCUT2D eigenvalue weighted by Gasteiger charge is -2.24. The number of aromatic nitrogens is 3. The van der Waals surface area contributed by atoms with Crippen molar-refractivity contribution in [3.8, 4) is 22.7 Å². The molecular formula is C35H30N4O4S. The summed E-state index contributed by atoms with van der Waals surface area (Å²) >= 11 is 1.27. The summed E-state index contributed by atoms with van der Waals surface area (Å²) in [4.78, 5) is 32.7. The van der Waals surface area contributed by atoms with E-state index in [-0.39, 0.29) is 12.2 Å². The maximum absolute atomic E-state index is 14.2. The van der Waals surface area contributed by atoms with Gasteiger partial charge < -0.3 is 9.47 Å². The third-order valence-corrected chi connectivity index (χ3v) is 8.36. The Morgan fingerprint density at radius 3 is 2.43 bits per heavy atom. The maximum atomic E-state index is 14.2. The zero-order chi connectivity index (χ0) is 30.8. The number of fused-ring (bicyclic) bond motifs is 1. The second-order valence-corrected chi connectivity index (χ2v) is 11.3. The van der Waals surface area contributed by atoms with Gasteiger partial charge in [-0.1, -0.05) is 84.2 Å². The Labute approximate surface area is 258 Å². The predicted octanol–water partition coefficient (Wildman–Crippen LogP) is 5.13. The topological polar surface area (TPSA) is 87.7 Å². The van der Waals surface area contributed by atoms with Gasteiger partial charge in [-0.15, -0.1) is 0 Å². The number of methoxy groups -OCH3 is 1. The number of esters is 1. The van der Waals surface area contributed by atoms with Crippen LogP contribution >= 0.6 is 11.3 Å². The first kappa shape index (κ1) is 28.8. The van der Waals surface area contributed by atoms with Gasteiger partial charge in [-0.25, -0.2) is 14.5 Å². The van der Waals surface area contributed by atoms with Crippen molar-refractivity contribution in [2.45, 2.75) is 19.9 Å². The number of ether oxygens (including phenoxy) is 2. The van der Waals surface area contributed by atoms with Crippen LogP contribution in [0.5, 0.6) is 5.75 Å². The number of thiazole rings is 1. The number of hydrogen-bond acceptors (Lipinski definition) is 7. The number of carbonyl (C=O) groups is 1. The lowest BCUT2D eigenvalue weighted by Crippen LogP contribution is -2.39. The van der Waals surface area contributed by atoms with E-state index in [2.05, 4.69) is 6.58 Å². The second-order valence-electron chi connectivity index (χ2n) is 10.3. The van der Waals surface area contributed by atoms with Gasteiger partial charge in [0, 0.05) is 17.3 Å². The molecule has 0 radical (unpaired) electrons. The molecule has 3 heterocycles. The van der Waals surface area contributed by atoms with Gasteiger partial charge in [-0.2, -0.15) is 5.10 Å². The monoisotopic (exact) mass is 602 g/mol. The Hall–Kier alpha value is -5.28. The van der Waals surface area contributed by atoms with Crippen LogP contribution in [-0.4, -0.2) is 34.0 Å². The Kier molecular flexibility index (Phi) is 7.95. The van der Waals surface area contributed by atoms with E-state index in [9.17, 15) is 9.59 Å². The largest absolute Gasteiger partial charge is 0.497 e. The van der Waals surface area contributed by atoms with Crippen LogP contribution in [0.4, 0.5) is 0 Å². The fraction of sp³-hybridized carbons (Fsp3) is 0.143. The highest BCUT2D eigenvalue weighted by atomic mass is 32.1. The van der Waals surface area contributed by atoms with Crippen molar-refractivity contribution in [3.63, 3.8) is 0 Å². The summed E-state index contributed by atoms with van der Waals surface area (Å²) in [5.74, 6) is 0.115. The van der Waals surface area contributed by atoms with Gasteiger partial charge in [0.05, 0.1) is 40.3 Å². The zero-order valence-corrected chi connectivity index (χ0v) is 25.4. The van der Waals surface area contributed by atoms with Crippen LogP contribution < -0.4 is 19.6 Å².